The van der Waals surface area contributed by atoms with E-state index < -0.39 is 0 Å². The highest BCUT2D eigenvalue weighted by atomic mass is 16.1. The van der Waals surface area contributed by atoms with Crippen LogP contribution in [0.5, 0.6) is 0 Å². The molecule has 0 fully saturated rings. The molecule has 3 nitrogen and oxygen atoms in total. The van der Waals surface area contributed by atoms with E-state index in [1.54, 1.807) is 12.3 Å². The van der Waals surface area contributed by atoms with E-state index in [0.717, 1.165) is 24.3 Å². The largest absolute Gasteiger partial charge is 0.311 e. The molecular weight excluding hydrogens is 188 g/mol. The zero-order valence-electron chi connectivity index (χ0n) is 9.58. The molecular formula is C12H20N2O. The summed E-state index contributed by atoms with van der Waals surface area (Å²) in [5, 5.41) is 3.19. The summed E-state index contributed by atoms with van der Waals surface area (Å²) in [6.07, 6.45) is 1.70. The van der Waals surface area contributed by atoms with Crippen LogP contribution in [0.1, 0.15) is 38.2 Å². The number of Topliss-reactive ketones (excluding diaryl/α,β-unsaturated/α-hetero) is 1. The monoisotopic (exact) mass is 208 g/mol. The number of hydrogen-bond acceptors (Lipinski definition) is 3. The number of carbonyl (C=O) groups excluding carboxylic acids is 1. The molecule has 0 aromatic carbocycles. The predicted molar refractivity (Wildman–Crippen MR) is 62.9 cm³/mol. The predicted octanol–water partition coefficient (Wildman–Crippen LogP) is 2.28. The lowest BCUT2D eigenvalue weighted by molar-refractivity contribution is 0.0939. The average Bonchev–Trinajstić information content (AvgIpc) is 2.25. The molecule has 0 atom stereocenters. The molecule has 0 saturated carbocycles. The molecule has 1 aromatic heterocycles. The zero-order chi connectivity index (χ0) is 11.3. The minimum Gasteiger partial charge on any atom is -0.311 e. The van der Waals surface area contributed by atoms with Crippen molar-refractivity contribution in [2.45, 2.75) is 27.3 Å². The van der Waals surface area contributed by atoms with Crippen molar-refractivity contribution in [1.82, 2.24) is 10.3 Å². The maximum absolute atomic E-state index is 11.7. The summed E-state index contributed by atoms with van der Waals surface area (Å²) in [4.78, 5) is 15.9. The third kappa shape index (κ3) is 3.44. The molecule has 84 valence electrons. The van der Waals surface area contributed by atoms with Gasteiger partial charge in [0.05, 0.1) is 5.69 Å². The molecule has 0 unspecified atom stereocenters. The third-order valence-corrected chi connectivity index (χ3v) is 2.18. The van der Waals surface area contributed by atoms with Crippen LogP contribution >= 0.6 is 0 Å². The van der Waals surface area contributed by atoms with Gasteiger partial charge in [-0.15, -0.1) is 0 Å². The second-order valence-corrected chi connectivity index (χ2v) is 3.84. The van der Waals surface area contributed by atoms with E-state index >= 15 is 0 Å². The minimum absolute atomic E-state index is 0. The summed E-state index contributed by atoms with van der Waals surface area (Å²) in [5.41, 5.74) is 1.68. The first-order chi connectivity index (χ1) is 7.15. The first kappa shape index (κ1) is 11.9. The standard InChI is InChI=1S/C12H18N2O.H2/c1-4-13-8-11-7-10(5-6-14-11)12(15)9(2)3;/h5-7,9,13H,4,8H2,1-3H3;1H. The Balaban J connectivity index is 0.00000225. The third-order valence-electron chi connectivity index (χ3n) is 2.18. The first-order valence-electron chi connectivity index (χ1n) is 5.35. The fourth-order valence-electron chi connectivity index (χ4n) is 1.31. The van der Waals surface area contributed by atoms with Gasteiger partial charge in [0.25, 0.3) is 0 Å². The maximum atomic E-state index is 11.7. The van der Waals surface area contributed by atoms with E-state index in [9.17, 15) is 4.79 Å². The molecule has 1 rings (SSSR count). The Morgan fingerprint density at radius 2 is 2.33 bits per heavy atom. The number of hydrogen-bond donors (Lipinski definition) is 1. The second-order valence-electron chi connectivity index (χ2n) is 3.84. The molecule has 0 spiro atoms. The van der Waals surface area contributed by atoms with Crippen LogP contribution < -0.4 is 5.32 Å². The Labute approximate surface area is 92.4 Å². The van der Waals surface area contributed by atoms with Crippen molar-refractivity contribution in [3.63, 3.8) is 0 Å². The Bertz CT molecular complexity index is 340. The van der Waals surface area contributed by atoms with Crippen molar-refractivity contribution >= 4 is 5.78 Å². The minimum atomic E-state index is 0. The highest BCUT2D eigenvalue weighted by molar-refractivity contribution is 5.97. The summed E-state index contributed by atoms with van der Waals surface area (Å²) >= 11 is 0. The van der Waals surface area contributed by atoms with Gasteiger partial charge < -0.3 is 5.32 Å². The van der Waals surface area contributed by atoms with Gasteiger partial charge >= 0.3 is 0 Å². The van der Waals surface area contributed by atoms with Crippen molar-refractivity contribution < 1.29 is 6.22 Å². The van der Waals surface area contributed by atoms with Crippen molar-refractivity contribution in [1.29, 1.82) is 0 Å². The number of aromatic nitrogens is 1. The van der Waals surface area contributed by atoms with Gasteiger partial charge in [0.2, 0.25) is 0 Å². The zero-order valence-corrected chi connectivity index (χ0v) is 9.58. The fourth-order valence-corrected chi connectivity index (χ4v) is 1.31. The van der Waals surface area contributed by atoms with Crippen molar-refractivity contribution in [2.75, 3.05) is 6.54 Å². The molecule has 0 aliphatic carbocycles. The number of pyridine rings is 1. The molecule has 0 bridgehead atoms. The number of ketones is 1. The van der Waals surface area contributed by atoms with E-state index in [0.29, 0.717) is 0 Å². The van der Waals surface area contributed by atoms with Gasteiger partial charge in [-0.2, -0.15) is 0 Å². The van der Waals surface area contributed by atoms with Crippen molar-refractivity contribution in [3.8, 4) is 0 Å². The smallest absolute Gasteiger partial charge is 0.165 e. The molecule has 0 radical (unpaired) electrons. The summed E-state index contributed by atoms with van der Waals surface area (Å²) in [5.74, 6) is 0.217. The molecule has 15 heavy (non-hydrogen) atoms. The second kappa shape index (κ2) is 5.61. The Hall–Kier alpha value is -1.22. The highest BCUT2D eigenvalue weighted by Gasteiger charge is 2.10. The molecule has 1 N–H and O–H groups in total. The van der Waals surface area contributed by atoms with Crippen LogP contribution in [-0.2, 0) is 6.54 Å². The van der Waals surface area contributed by atoms with Crippen LogP contribution in [-0.4, -0.2) is 17.3 Å². The van der Waals surface area contributed by atoms with Crippen LogP contribution in [0.25, 0.3) is 0 Å². The van der Waals surface area contributed by atoms with Gasteiger partial charge in [0.15, 0.2) is 5.78 Å². The Morgan fingerprint density at radius 1 is 1.60 bits per heavy atom. The van der Waals surface area contributed by atoms with Gasteiger partial charge in [0.1, 0.15) is 0 Å². The van der Waals surface area contributed by atoms with Crippen LogP contribution in [0.2, 0.25) is 0 Å². The van der Waals surface area contributed by atoms with Gasteiger partial charge in [-0.3, -0.25) is 9.78 Å². The van der Waals surface area contributed by atoms with E-state index in [4.69, 9.17) is 0 Å². The van der Waals surface area contributed by atoms with Crippen LogP contribution in [0.4, 0.5) is 0 Å². The van der Waals surface area contributed by atoms with E-state index in [2.05, 4.69) is 10.3 Å². The van der Waals surface area contributed by atoms with Crippen molar-refractivity contribution in [2.24, 2.45) is 5.92 Å². The normalized spacial score (nSPS) is 10.7. The van der Waals surface area contributed by atoms with Gasteiger partial charge in [0, 0.05) is 25.6 Å². The van der Waals surface area contributed by atoms with E-state index in [1.165, 1.54) is 0 Å². The maximum Gasteiger partial charge on any atom is 0.165 e. The summed E-state index contributed by atoms with van der Waals surface area (Å²) in [6, 6.07) is 3.64. The molecule has 0 aliphatic rings. The fraction of sp³-hybridized carbons (Fsp3) is 0.500. The topological polar surface area (TPSA) is 42.0 Å². The van der Waals surface area contributed by atoms with Gasteiger partial charge in [-0.1, -0.05) is 20.8 Å². The van der Waals surface area contributed by atoms with E-state index in [1.807, 2.05) is 26.8 Å². The number of nitrogens with one attached hydrogen (secondary N) is 1. The molecule has 3 heteroatoms. The van der Waals surface area contributed by atoms with Crippen molar-refractivity contribution in [3.05, 3.63) is 29.6 Å². The average molecular weight is 208 g/mol. The lowest BCUT2D eigenvalue weighted by Gasteiger charge is -2.06. The quantitative estimate of drug-likeness (QED) is 0.755. The summed E-state index contributed by atoms with van der Waals surface area (Å²) in [6.45, 7) is 7.49. The van der Waals surface area contributed by atoms with Crippen LogP contribution in [0.3, 0.4) is 0 Å². The van der Waals surface area contributed by atoms with Crippen LogP contribution in [0, 0.1) is 5.92 Å². The SMILES string of the molecule is CCNCc1cc(C(=O)C(C)C)ccn1.[HH]. The first-order valence-corrected chi connectivity index (χ1v) is 5.35. The molecule has 1 heterocycles. The number of carbonyl (C=O) groups is 1. The van der Waals surface area contributed by atoms with Crippen LogP contribution in [0.15, 0.2) is 18.3 Å². The molecule has 0 amide bonds. The number of rotatable bonds is 5. The number of nitrogens with zero attached hydrogens (tertiary/aromatic N) is 1. The Kier molecular flexibility index (Phi) is 4.43. The summed E-state index contributed by atoms with van der Waals surface area (Å²) < 4.78 is 0. The van der Waals surface area contributed by atoms with E-state index in [-0.39, 0.29) is 13.1 Å². The molecule has 0 aliphatic heterocycles. The highest BCUT2D eigenvalue weighted by Crippen LogP contribution is 2.08. The summed E-state index contributed by atoms with van der Waals surface area (Å²) in [7, 11) is 0. The lowest BCUT2D eigenvalue weighted by atomic mass is 10.0. The van der Waals surface area contributed by atoms with Gasteiger partial charge in [-0.25, -0.2) is 0 Å². The Morgan fingerprint density at radius 3 is 2.93 bits per heavy atom. The molecule has 0 saturated heterocycles. The van der Waals surface area contributed by atoms with Gasteiger partial charge in [-0.05, 0) is 18.7 Å². The molecule has 1 aromatic rings. The lowest BCUT2D eigenvalue weighted by Crippen LogP contribution is -2.14.